The smallest absolute Gasteiger partial charge is 0.391 e. The van der Waals surface area contributed by atoms with E-state index in [4.69, 9.17) is 0 Å². The van der Waals surface area contributed by atoms with Crippen LogP contribution >= 0.6 is 0 Å². The first kappa shape index (κ1) is 16.3. The fraction of sp³-hybridized carbons (Fsp3) is 0.625. The molecule has 1 nitrogen and oxygen atoms in total. The molecule has 1 aromatic carbocycles. The van der Waals surface area contributed by atoms with Crippen LogP contribution in [0.5, 0.6) is 0 Å². The van der Waals surface area contributed by atoms with Crippen LogP contribution in [0, 0.1) is 24.6 Å². The van der Waals surface area contributed by atoms with Gasteiger partial charge in [-0.25, -0.2) is 4.39 Å². The molecular formula is C16H20F4O. The highest BCUT2D eigenvalue weighted by Crippen LogP contribution is 2.40. The number of aliphatic hydroxyl groups is 1. The molecule has 0 aliphatic heterocycles. The fourth-order valence-electron chi connectivity index (χ4n) is 3.08. The topological polar surface area (TPSA) is 20.2 Å². The minimum absolute atomic E-state index is 0.0767. The molecule has 118 valence electrons. The van der Waals surface area contributed by atoms with E-state index in [1.54, 1.807) is 6.07 Å². The van der Waals surface area contributed by atoms with E-state index in [-0.39, 0.29) is 24.6 Å². The van der Waals surface area contributed by atoms with Crippen molar-refractivity contribution in [1.29, 1.82) is 0 Å². The number of rotatable bonds is 3. The van der Waals surface area contributed by atoms with Gasteiger partial charge in [-0.1, -0.05) is 6.07 Å². The Morgan fingerprint density at radius 3 is 2.38 bits per heavy atom. The summed E-state index contributed by atoms with van der Waals surface area (Å²) in [7, 11) is 0. The van der Waals surface area contributed by atoms with Gasteiger partial charge in [-0.15, -0.1) is 0 Å². The Morgan fingerprint density at radius 1 is 1.19 bits per heavy atom. The maximum absolute atomic E-state index is 13.2. The van der Waals surface area contributed by atoms with Crippen molar-refractivity contribution in [2.75, 3.05) is 0 Å². The second-order valence-corrected chi connectivity index (χ2v) is 6.00. The second-order valence-electron chi connectivity index (χ2n) is 6.00. The molecule has 1 aliphatic carbocycles. The molecule has 0 saturated heterocycles. The maximum atomic E-state index is 13.2. The van der Waals surface area contributed by atoms with Crippen LogP contribution in [0.1, 0.15) is 36.8 Å². The monoisotopic (exact) mass is 304 g/mol. The zero-order valence-electron chi connectivity index (χ0n) is 12.0. The fourth-order valence-corrected chi connectivity index (χ4v) is 3.08. The third-order valence-electron chi connectivity index (χ3n) is 4.52. The Morgan fingerprint density at radius 2 is 1.81 bits per heavy atom. The maximum Gasteiger partial charge on any atom is 0.391 e. The molecule has 0 heterocycles. The predicted molar refractivity (Wildman–Crippen MR) is 72.4 cm³/mol. The average Bonchev–Trinajstić information content (AvgIpc) is 2.42. The summed E-state index contributed by atoms with van der Waals surface area (Å²) < 4.78 is 51.0. The van der Waals surface area contributed by atoms with E-state index in [0.717, 1.165) is 11.1 Å². The van der Waals surface area contributed by atoms with Gasteiger partial charge in [0.1, 0.15) is 5.82 Å². The second kappa shape index (κ2) is 6.34. The van der Waals surface area contributed by atoms with Gasteiger partial charge in [0.15, 0.2) is 0 Å². The van der Waals surface area contributed by atoms with Crippen LogP contribution in [0.2, 0.25) is 0 Å². The summed E-state index contributed by atoms with van der Waals surface area (Å²) in [5.41, 5.74) is 1.61. The highest BCUT2D eigenvalue weighted by Gasteiger charge is 2.42. The zero-order valence-corrected chi connectivity index (χ0v) is 12.0. The van der Waals surface area contributed by atoms with Crippen LogP contribution in [0.15, 0.2) is 18.2 Å². The first-order valence-corrected chi connectivity index (χ1v) is 7.27. The van der Waals surface area contributed by atoms with E-state index in [2.05, 4.69) is 0 Å². The zero-order chi connectivity index (χ0) is 15.6. The van der Waals surface area contributed by atoms with Crippen molar-refractivity contribution >= 4 is 0 Å². The van der Waals surface area contributed by atoms with Gasteiger partial charge in [-0.3, -0.25) is 0 Å². The minimum atomic E-state index is -4.13. The Hall–Kier alpha value is -1.10. The Bertz CT molecular complexity index is 476. The van der Waals surface area contributed by atoms with Gasteiger partial charge in [0.2, 0.25) is 0 Å². The molecule has 21 heavy (non-hydrogen) atoms. The molecule has 1 atom stereocenters. The molecule has 1 unspecified atom stereocenters. The van der Waals surface area contributed by atoms with Gasteiger partial charge in [0, 0.05) is 0 Å². The van der Waals surface area contributed by atoms with E-state index < -0.39 is 18.2 Å². The largest absolute Gasteiger partial charge is 0.392 e. The highest BCUT2D eigenvalue weighted by molar-refractivity contribution is 5.27. The van der Waals surface area contributed by atoms with Crippen LogP contribution < -0.4 is 0 Å². The summed E-state index contributed by atoms with van der Waals surface area (Å²) in [6.45, 7) is 1.84. The van der Waals surface area contributed by atoms with Crippen molar-refractivity contribution in [1.82, 2.24) is 0 Å². The van der Waals surface area contributed by atoms with Crippen LogP contribution in [-0.2, 0) is 6.42 Å². The van der Waals surface area contributed by atoms with Gasteiger partial charge in [-0.2, -0.15) is 13.2 Å². The van der Waals surface area contributed by atoms with Crippen LogP contribution in [-0.4, -0.2) is 17.4 Å². The Balaban J connectivity index is 1.93. The predicted octanol–water partition coefficient (Wildman–Crippen LogP) is 4.41. The van der Waals surface area contributed by atoms with E-state index in [9.17, 15) is 22.7 Å². The van der Waals surface area contributed by atoms with Crippen LogP contribution in [0.4, 0.5) is 17.6 Å². The molecule has 1 fully saturated rings. The van der Waals surface area contributed by atoms with Crippen molar-refractivity contribution in [2.45, 2.75) is 51.3 Å². The third-order valence-corrected chi connectivity index (χ3v) is 4.52. The lowest BCUT2D eigenvalue weighted by molar-refractivity contribution is -0.185. The molecular weight excluding hydrogens is 284 g/mol. The van der Waals surface area contributed by atoms with Gasteiger partial charge in [-0.05, 0) is 68.2 Å². The molecule has 0 bridgehead atoms. The molecule has 0 amide bonds. The number of benzene rings is 1. The van der Waals surface area contributed by atoms with Crippen molar-refractivity contribution in [3.63, 3.8) is 0 Å². The highest BCUT2D eigenvalue weighted by atomic mass is 19.4. The molecule has 1 aliphatic rings. The lowest BCUT2D eigenvalue weighted by Gasteiger charge is -2.32. The van der Waals surface area contributed by atoms with Gasteiger partial charge >= 0.3 is 6.18 Å². The van der Waals surface area contributed by atoms with E-state index in [1.807, 2.05) is 6.92 Å². The lowest BCUT2D eigenvalue weighted by atomic mass is 9.77. The summed E-state index contributed by atoms with van der Waals surface area (Å²) in [5, 5.41) is 10.2. The summed E-state index contributed by atoms with van der Waals surface area (Å²) in [6, 6.07) is 4.40. The van der Waals surface area contributed by atoms with Gasteiger partial charge in [0.25, 0.3) is 0 Å². The molecule has 0 aromatic heterocycles. The normalized spacial score (nSPS) is 24.9. The molecule has 1 aromatic rings. The van der Waals surface area contributed by atoms with E-state index >= 15 is 0 Å². The standard InChI is InChI=1S/C16H20F4O/c1-10-2-7-14(17)8-12(10)9-15(21)11-3-5-13(6-4-11)16(18,19)20/h2,7-8,11,13,15,21H,3-6,9H2,1H3. The van der Waals surface area contributed by atoms with Crippen molar-refractivity contribution < 1.29 is 22.7 Å². The molecule has 0 radical (unpaired) electrons. The molecule has 1 saturated carbocycles. The van der Waals surface area contributed by atoms with Gasteiger partial charge < -0.3 is 5.11 Å². The summed E-state index contributed by atoms with van der Waals surface area (Å²) in [5.74, 6) is -1.73. The first-order chi connectivity index (χ1) is 9.77. The average molecular weight is 304 g/mol. The third kappa shape index (κ3) is 4.19. The van der Waals surface area contributed by atoms with Crippen molar-refractivity contribution in [3.05, 3.63) is 35.1 Å². The van der Waals surface area contributed by atoms with Crippen LogP contribution in [0.3, 0.4) is 0 Å². The lowest BCUT2D eigenvalue weighted by Crippen LogP contribution is -2.32. The number of aliphatic hydroxyl groups excluding tert-OH is 1. The Kier molecular flexibility index (Phi) is 4.91. The number of hydrogen-bond donors (Lipinski definition) is 1. The van der Waals surface area contributed by atoms with Crippen molar-refractivity contribution in [2.24, 2.45) is 11.8 Å². The number of hydrogen-bond acceptors (Lipinski definition) is 1. The summed E-state index contributed by atoms with van der Waals surface area (Å²) in [6.07, 6.45) is -3.64. The number of alkyl halides is 3. The van der Waals surface area contributed by atoms with E-state index in [0.29, 0.717) is 19.3 Å². The van der Waals surface area contributed by atoms with Crippen LogP contribution in [0.25, 0.3) is 0 Å². The quantitative estimate of drug-likeness (QED) is 0.820. The van der Waals surface area contributed by atoms with Crippen molar-refractivity contribution in [3.8, 4) is 0 Å². The molecule has 2 rings (SSSR count). The summed E-state index contributed by atoms with van der Waals surface area (Å²) >= 11 is 0. The molecule has 0 spiro atoms. The minimum Gasteiger partial charge on any atom is -0.392 e. The first-order valence-electron chi connectivity index (χ1n) is 7.27. The molecule has 5 heteroatoms. The SMILES string of the molecule is Cc1ccc(F)cc1CC(O)C1CCC(C(F)(F)F)CC1. The summed E-state index contributed by atoms with van der Waals surface area (Å²) in [4.78, 5) is 0. The van der Waals surface area contributed by atoms with E-state index in [1.165, 1.54) is 12.1 Å². The molecule has 1 N–H and O–H groups in total. The number of aryl methyl sites for hydroxylation is 1. The number of halogens is 4. The van der Waals surface area contributed by atoms with Gasteiger partial charge in [0.05, 0.1) is 12.0 Å². The Labute approximate surface area is 122 Å².